The average Bonchev–Trinajstić information content (AvgIpc) is 3.26. The second-order valence-corrected chi connectivity index (χ2v) is 8.31. The van der Waals surface area contributed by atoms with E-state index in [4.69, 9.17) is 4.74 Å². The smallest absolute Gasteiger partial charge is 0.410 e. The van der Waals surface area contributed by atoms with Crippen LogP contribution in [0.5, 0.6) is 5.75 Å². The molecule has 1 N–H and O–H groups in total. The molecule has 0 aliphatic carbocycles. The molecule has 1 amide bonds. The maximum atomic E-state index is 14.0. The summed E-state index contributed by atoms with van der Waals surface area (Å²) in [6.07, 6.45) is -1.87. The first-order valence-corrected chi connectivity index (χ1v) is 10.8. The predicted octanol–water partition coefficient (Wildman–Crippen LogP) is 5.15. The van der Waals surface area contributed by atoms with Gasteiger partial charge in [-0.15, -0.1) is 0 Å². The van der Waals surface area contributed by atoms with Gasteiger partial charge in [-0.05, 0) is 42.2 Å². The molecule has 9 heteroatoms. The zero-order valence-electron chi connectivity index (χ0n) is 18.0. The van der Waals surface area contributed by atoms with Crippen LogP contribution in [0, 0.1) is 0 Å². The number of nitrogens with zero attached hydrogens (tertiary/aromatic N) is 3. The topological polar surface area (TPSA) is 59.4 Å². The molecule has 3 aromatic rings. The number of carbonyl (C=O) groups is 1. The summed E-state index contributed by atoms with van der Waals surface area (Å²) in [5.74, 6) is 0.283. The van der Waals surface area contributed by atoms with Gasteiger partial charge >= 0.3 is 6.18 Å². The molecule has 0 unspecified atom stereocenters. The number of ether oxygens (including phenoxy) is 1. The SMILES string of the molecule is COc1cccc([C@H]2C[C@H](C(F)(F)F)n3ncc(C(=O)N4CCCc5ccccc54)c3N2)c1. The number of benzene rings is 2. The monoisotopic (exact) mass is 456 g/mol. The molecule has 3 heterocycles. The van der Waals surface area contributed by atoms with Crippen LogP contribution in [0.1, 0.15) is 46.4 Å². The van der Waals surface area contributed by atoms with Crippen LogP contribution in [0.3, 0.4) is 0 Å². The number of aromatic nitrogens is 2. The number of alkyl halides is 3. The van der Waals surface area contributed by atoms with Gasteiger partial charge in [-0.1, -0.05) is 30.3 Å². The van der Waals surface area contributed by atoms with Crippen molar-refractivity contribution >= 4 is 17.4 Å². The van der Waals surface area contributed by atoms with Crippen LogP contribution in [0.15, 0.2) is 54.7 Å². The van der Waals surface area contributed by atoms with Crippen LogP contribution in [-0.2, 0) is 6.42 Å². The largest absolute Gasteiger partial charge is 0.497 e. The lowest BCUT2D eigenvalue weighted by atomic mass is 9.96. The Bertz CT molecular complexity index is 1190. The van der Waals surface area contributed by atoms with Gasteiger partial charge in [0.2, 0.25) is 0 Å². The maximum absolute atomic E-state index is 14.0. The fraction of sp³-hybridized carbons (Fsp3) is 0.333. The molecule has 6 nitrogen and oxygen atoms in total. The molecule has 0 fully saturated rings. The van der Waals surface area contributed by atoms with Crippen molar-refractivity contribution < 1.29 is 22.7 Å². The van der Waals surface area contributed by atoms with E-state index in [1.165, 1.54) is 13.3 Å². The first kappa shape index (κ1) is 21.4. The summed E-state index contributed by atoms with van der Waals surface area (Å²) in [4.78, 5) is 15.2. The molecule has 0 radical (unpaired) electrons. The molecule has 5 rings (SSSR count). The number of carbonyl (C=O) groups excluding carboxylic acids is 1. The molecule has 33 heavy (non-hydrogen) atoms. The summed E-state index contributed by atoms with van der Waals surface area (Å²) in [7, 11) is 1.51. The summed E-state index contributed by atoms with van der Waals surface area (Å²) < 4.78 is 48.2. The summed E-state index contributed by atoms with van der Waals surface area (Å²) >= 11 is 0. The van der Waals surface area contributed by atoms with Crippen LogP contribution in [0.4, 0.5) is 24.7 Å². The van der Waals surface area contributed by atoms with E-state index in [1.54, 1.807) is 29.2 Å². The van der Waals surface area contributed by atoms with Crippen molar-refractivity contribution in [3.05, 3.63) is 71.4 Å². The molecular formula is C24H23F3N4O2. The number of hydrogen-bond acceptors (Lipinski definition) is 4. The van der Waals surface area contributed by atoms with E-state index in [9.17, 15) is 18.0 Å². The van der Waals surface area contributed by atoms with Crippen molar-refractivity contribution in [1.82, 2.24) is 9.78 Å². The molecule has 2 aliphatic heterocycles. The lowest BCUT2D eigenvalue weighted by molar-refractivity contribution is -0.173. The standard InChI is InChI=1S/C24H23F3N4O2/c1-33-17-9-4-7-16(12-17)19-13-21(24(25,26)27)31-22(29-19)18(14-28-31)23(32)30-11-5-8-15-6-2-3-10-20(15)30/h2-4,6-7,9-10,12,14,19,21,29H,5,8,11,13H2,1H3/t19-,21-/m1/s1. The Balaban J connectivity index is 1.55. The van der Waals surface area contributed by atoms with Crippen molar-refractivity contribution in [2.24, 2.45) is 0 Å². The van der Waals surface area contributed by atoms with Crippen LogP contribution in [0.25, 0.3) is 0 Å². The highest BCUT2D eigenvalue weighted by Crippen LogP contribution is 2.45. The Morgan fingerprint density at radius 1 is 1.18 bits per heavy atom. The van der Waals surface area contributed by atoms with Gasteiger partial charge in [0.15, 0.2) is 6.04 Å². The number of aryl methyl sites for hydroxylation is 1. The van der Waals surface area contributed by atoms with Gasteiger partial charge in [-0.3, -0.25) is 4.79 Å². The zero-order valence-corrected chi connectivity index (χ0v) is 18.0. The molecular weight excluding hydrogens is 433 g/mol. The van der Waals surface area contributed by atoms with Crippen molar-refractivity contribution in [1.29, 1.82) is 0 Å². The van der Waals surface area contributed by atoms with Gasteiger partial charge in [-0.2, -0.15) is 18.3 Å². The molecule has 2 atom stereocenters. The molecule has 0 saturated heterocycles. The Morgan fingerprint density at radius 3 is 2.79 bits per heavy atom. The normalized spacial score (nSPS) is 19.9. The van der Waals surface area contributed by atoms with Crippen molar-refractivity contribution in [3.8, 4) is 5.75 Å². The second kappa shape index (κ2) is 8.13. The molecule has 172 valence electrons. The van der Waals surface area contributed by atoms with Gasteiger partial charge < -0.3 is 15.0 Å². The van der Waals surface area contributed by atoms with Crippen LogP contribution >= 0.6 is 0 Å². The van der Waals surface area contributed by atoms with Crippen LogP contribution in [-0.4, -0.2) is 35.5 Å². The molecule has 0 bridgehead atoms. The van der Waals surface area contributed by atoms with E-state index in [0.717, 1.165) is 28.8 Å². The minimum Gasteiger partial charge on any atom is -0.497 e. The minimum absolute atomic E-state index is 0.0875. The summed E-state index contributed by atoms with van der Waals surface area (Å²) in [6, 6.07) is 12.0. The predicted molar refractivity (Wildman–Crippen MR) is 118 cm³/mol. The molecule has 2 aliphatic rings. The van der Waals surface area contributed by atoms with E-state index in [-0.39, 0.29) is 23.7 Å². The Hall–Kier alpha value is -3.49. The Morgan fingerprint density at radius 2 is 2.00 bits per heavy atom. The van der Waals surface area contributed by atoms with E-state index in [1.807, 2.05) is 24.3 Å². The molecule has 2 aromatic carbocycles. The first-order chi connectivity index (χ1) is 15.9. The minimum atomic E-state index is -4.52. The van der Waals surface area contributed by atoms with Crippen LogP contribution < -0.4 is 15.0 Å². The number of halogens is 3. The number of hydrogen-bond donors (Lipinski definition) is 1. The van der Waals surface area contributed by atoms with Gasteiger partial charge in [-0.25, -0.2) is 4.68 Å². The Labute approximate surface area is 189 Å². The maximum Gasteiger partial charge on any atom is 0.410 e. The third-order valence-electron chi connectivity index (χ3n) is 6.32. The number of amides is 1. The van der Waals surface area contributed by atoms with Gasteiger partial charge in [0.05, 0.1) is 19.3 Å². The van der Waals surface area contributed by atoms with Crippen molar-refractivity contribution in [2.75, 3.05) is 23.9 Å². The lowest BCUT2D eigenvalue weighted by Gasteiger charge is -2.35. The van der Waals surface area contributed by atoms with E-state index >= 15 is 0 Å². The quantitative estimate of drug-likeness (QED) is 0.593. The summed E-state index contributed by atoms with van der Waals surface area (Å²) in [5, 5.41) is 7.16. The van der Waals surface area contributed by atoms with Gasteiger partial charge in [0, 0.05) is 18.7 Å². The van der Waals surface area contributed by atoms with Crippen molar-refractivity contribution in [2.45, 2.75) is 37.5 Å². The molecule has 0 spiro atoms. The van der Waals surface area contributed by atoms with Gasteiger partial charge in [0.25, 0.3) is 5.91 Å². The first-order valence-electron chi connectivity index (χ1n) is 10.8. The number of nitrogens with one attached hydrogen (secondary N) is 1. The average molecular weight is 456 g/mol. The third-order valence-corrected chi connectivity index (χ3v) is 6.32. The van der Waals surface area contributed by atoms with Crippen LogP contribution in [0.2, 0.25) is 0 Å². The second-order valence-electron chi connectivity index (χ2n) is 8.31. The fourth-order valence-electron chi connectivity index (χ4n) is 4.69. The number of para-hydroxylation sites is 1. The van der Waals surface area contributed by atoms with Crippen molar-refractivity contribution in [3.63, 3.8) is 0 Å². The van der Waals surface area contributed by atoms with Gasteiger partial charge in [0.1, 0.15) is 17.1 Å². The third kappa shape index (κ3) is 3.81. The highest BCUT2D eigenvalue weighted by molar-refractivity contribution is 6.09. The zero-order chi connectivity index (χ0) is 23.2. The van der Waals surface area contributed by atoms with E-state index in [2.05, 4.69) is 10.4 Å². The molecule has 0 saturated carbocycles. The highest BCUT2D eigenvalue weighted by Gasteiger charge is 2.47. The fourth-order valence-corrected chi connectivity index (χ4v) is 4.69. The highest BCUT2D eigenvalue weighted by atomic mass is 19.4. The molecule has 1 aromatic heterocycles. The number of fused-ring (bicyclic) bond motifs is 2. The van der Waals surface area contributed by atoms with E-state index in [0.29, 0.717) is 17.9 Å². The summed E-state index contributed by atoms with van der Waals surface area (Å²) in [5.41, 5.74) is 2.63. The number of methoxy groups -OCH3 is 1. The number of rotatable bonds is 3. The Kier molecular flexibility index (Phi) is 5.26. The van der Waals surface area contributed by atoms with E-state index < -0.39 is 18.3 Å². The summed E-state index contributed by atoms with van der Waals surface area (Å²) in [6.45, 7) is 0.502. The lowest BCUT2D eigenvalue weighted by Crippen LogP contribution is -2.38. The number of anilines is 2.